The molecule has 1 aromatic heterocycles. The maximum atomic E-state index is 5.39. The van der Waals surface area contributed by atoms with Crippen molar-refractivity contribution in [2.75, 3.05) is 20.1 Å². The minimum Gasteiger partial charge on any atom is -0.469 e. The van der Waals surface area contributed by atoms with Crippen molar-refractivity contribution in [1.29, 1.82) is 0 Å². The van der Waals surface area contributed by atoms with E-state index in [2.05, 4.69) is 37.2 Å². The van der Waals surface area contributed by atoms with Gasteiger partial charge in [-0.05, 0) is 44.7 Å². The minimum atomic E-state index is 0.365. The summed E-state index contributed by atoms with van der Waals surface area (Å²) in [6.45, 7) is 10.00. The summed E-state index contributed by atoms with van der Waals surface area (Å²) in [5, 5.41) is 3.71. The topological polar surface area (TPSA) is 28.4 Å². The molecule has 1 aromatic rings. The van der Waals surface area contributed by atoms with Crippen LogP contribution in [0.3, 0.4) is 0 Å². The maximum absolute atomic E-state index is 5.39. The number of hydrogen-bond acceptors (Lipinski definition) is 3. The lowest BCUT2D eigenvalue weighted by Crippen LogP contribution is -2.41. The fraction of sp³-hybridized carbons (Fsp3) is 0.765. The summed E-state index contributed by atoms with van der Waals surface area (Å²) < 4.78 is 5.39. The molecule has 0 saturated heterocycles. The van der Waals surface area contributed by atoms with E-state index in [0.717, 1.165) is 31.4 Å². The molecule has 20 heavy (non-hydrogen) atoms. The molecule has 1 fully saturated rings. The third kappa shape index (κ3) is 4.64. The number of nitrogens with one attached hydrogen (secondary N) is 1. The molecule has 1 N–H and O–H groups in total. The second-order valence-corrected chi connectivity index (χ2v) is 6.89. The van der Waals surface area contributed by atoms with Crippen LogP contribution < -0.4 is 5.32 Å². The van der Waals surface area contributed by atoms with Gasteiger partial charge < -0.3 is 14.6 Å². The predicted octanol–water partition coefficient (Wildman–Crippen LogP) is 3.58. The molecule has 2 rings (SSSR count). The summed E-state index contributed by atoms with van der Waals surface area (Å²) in [5.74, 6) is 1.05. The smallest absolute Gasteiger partial charge is 0.105 e. The van der Waals surface area contributed by atoms with Gasteiger partial charge in [0, 0.05) is 31.2 Å². The van der Waals surface area contributed by atoms with E-state index >= 15 is 0 Å². The Balaban J connectivity index is 1.86. The van der Waals surface area contributed by atoms with Crippen LogP contribution in [0.15, 0.2) is 16.7 Å². The Morgan fingerprint density at radius 2 is 2.20 bits per heavy atom. The molecule has 3 heteroatoms. The van der Waals surface area contributed by atoms with Gasteiger partial charge in [0.25, 0.3) is 0 Å². The van der Waals surface area contributed by atoms with Crippen molar-refractivity contribution >= 4 is 0 Å². The van der Waals surface area contributed by atoms with Crippen LogP contribution in [-0.2, 0) is 6.54 Å². The largest absolute Gasteiger partial charge is 0.469 e. The zero-order valence-corrected chi connectivity index (χ0v) is 13.5. The standard InChI is InChI=1S/C17H30N2O/c1-5-9-17(3,12-18-16-6-7-16)13-19(4)11-15-8-10-20-14(15)2/h8,10,16,18H,5-7,9,11-13H2,1-4H3. The highest BCUT2D eigenvalue weighted by molar-refractivity contribution is 5.15. The second kappa shape index (κ2) is 6.77. The zero-order valence-electron chi connectivity index (χ0n) is 13.5. The lowest BCUT2D eigenvalue weighted by atomic mass is 9.84. The van der Waals surface area contributed by atoms with Crippen LogP contribution in [0, 0.1) is 12.3 Å². The zero-order chi connectivity index (χ0) is 14.6. The Morgan fingerprint density at radius 1 is 1.45 bits per heavy atom. The van der Waals surface area contributed by atoms with E-state index in [-0.39, 0.29) is 0 Å². The number of furan rings is 1. The van der Waals surface area contributed by atoms with Gasteiger partial charge in [-0.25, -0.2) is 0 Å². The summed E-state index contributed by atoms with van der Waals surface area (Å²) in [6.07, 6.45) is 7.06. The molecule has 0 radical (unpaired) electrons. The van der Waals surface area contributed by atoms with Gasteiger partial charge in [-0.15, -0.1) is 0 Å². The van der Waals surface area contributed by atoms with Crippen LogP contribution in [0.1, 0.15) is 50.9 Å². The molecule has 114 valence electrons. The van der Waals surface area contributed by atoms with Crippen molar-refractivity contribution in [3.63, 3.8) is 0 Å². The van der Waals surface area contributed by atoms with Crippen molar-refractivity contribution in [1.82, 2.24) is 10.2 Å². The van der Waals surface area contributed by atoms with Crippen LogP contribution in [0.25, 0.3) is 0 Å². The number of nitrogens with zero attached hydrogens (tertiary/aromatic N) is 1. The lowest BCUT2D eigenvalue weighted by molar-refractivity contribution is 0.167. The van der Waals surface area contributed by atoms with Gasteiger partial charge in [0.2, 0.25) is 0 Å². The third-order valence-corrected chi connectivity index (χ3v) is 4.31. The molecule has 0 spiro atoms. The Hall–Kier alpha value is -0.800. The second-order valence-electron chi connectivity index (χ2n) is 6.89. The van der Waals surface area contributed by atoms with E-state index in [4.69, 9.17) is 4.42 Å². The minimum absolute atomic E-state index is 0.365. The Bertz CT molecular complexity index is 411. The molecule has 0 amide bonds. The summed E-state index contributed by atoms with van der Waals surface area (Å²) >= 11 is 0. The average Bonchev–Trinajstić information content (AvgIpc) is 3.12. The fourth-order valence-electron chi connectivity index (χ4n) is 3.08. The maximum Gasteiger partial charge on any atom is 0.105 e. The Kier molecular flexibility index (Phi) is 5.28. The quantitative estimate of drug-likeness (QED) is 0.748. The first-order chi connectivity index (χ1) is 9.52. The van der Waals surface area contributed by atoms with Crippen molar-refractivity contribution in [2.45, 2.75) is 59.0 Å². The summed E-state index contributed by atoms with van der Waals surface area (Å²) in [5.41, 5.74) is 1.67. The third-order valence-electron chi connectivity index (χ3n) is 4.31. The van der Waals surface area contributed by atoms with E-state index in [1.165, 1.54) is 31.2 Å². The molecule has 0 bridgehead atoms. The summed E-state index contributed by atoms with van der Waals surface area (Å²) in [4.78, 5) is 2.43. The van der Waals surface area contributed by atoms with Gasteiger partial charge in [-0.1, -0.05) is 20.3 Å². The van der Waals surface area contributed by atoms with E-state index < -0.39 is 0 Å². The molecule has 1 atom stereocenters. The number of aryl methyl sites for hydroxylation is 1. The molecule has 3 nitrogen and oxygen atoms in total. The van der Waals surface area contributed by atoms with E-state index in [1.54, 1.807) is 6.26 Å². The highest BCUT2D eigenvalue weighted by atomic mass is 16.3. The summed E-state index contributed by atoms with van der Waals surface area (Å²) in [7, 11) is 2.22. The van der Waals surface area contributed by atoms with E-state index in [9.17, 15) is 0 Å². The first kappa shape index (κ1) is 15.6. The average molecular weight is 278 g/mol. The van der Waals surface area contributed by atoms with Gasteiger partial charge in [0.15, 0.2) is 0 Å². The monoisotopic (exact) mass is 278 g/mol. The van der Waals surface area contributed by atoms with Gasteiger partial charge >= 0.3 is 0 Å². The molecule has 1 heterocycles. The molecule has 0 aromatic carbocycles. The van der Waals surface area contributed by atoms with Crippen molar-refractivity contribution in [3.05, 3.63) is 23.7 Å². The highest BCUT2D eigenvalue weighted by Crippen LogP contribution is 2.27. The van der Waals surface area contributed by atoms with Gasteiger partial charge in [-0.2, -0.15) is 0 Å². The number of hydrogen-bond donors (Lipinski definition) is 1. The van der Waals surface area contributed by atoms with Crippen molar-refractivity contribution in [3.8, 4) is 0 Å². The van der Waals surface area contributed by atoms with Crippen LogP contribution in [-0.4, -0.2) is 31.1 Å². The first-order valence-corrected chi connectivity index (χ1v) is 7.97. The molecule has 1 aliphatic rings. The van der Waals surface area contributed by atoms with Crippen LogP contribution >= 0.6 is 0 Å². The molecule has 1 aliphatic carbocycles. The van der Waals surface area contributed by atoms with Crippen molar-refractivity contribution < 1.29 is 4.42 Å². The Labute approximate surface area is 123 Å². The molecule has 1 unspecified atom stereocenters. The predicted molar refractivity (Wildman–Crippen MR) is 83.8 cm³/mol. The Morgan fingerprint density at radius 3 is 2.75 bits per heavy atom. The number of rotatable bonds is 9. The first-order valence-electron chi connectivity index (χ1n) is 7.97. The molecular weight excluding hydrogens is 248 g/mol. The van der Waals surface area contributed by atoms with Crippen LogP contribution in [0.5, 0.6) is 0 Å². The van der Waals surface area contributed by atoms with Crippen LogP contribution in [0.2, 0.25) is 0 Å². The van der Waals surface area contributed by atoms with Gasteiger partial charge in [0.05, 0.1) is 6.26 Å². The highest BCUT2D eigenvalue weighted by Gasteiger charge is 2.29. The van der Waals surface area contributed by atoms with E-state index in [1.807, 2.05) is 6.92 Å². The normalized spacial score (nSPS) is 18.4. The van der Waals surface area contributed by atoms with Crippen molar-refractivity contribution in [2.24, 2.45) is 5.41 Å². The summed E-state index contributed by atoms with van der Waals surface area (Å²) in [6, 6.07) is 2.89. The molecular formula is C17H30N2O. The molecule has 1 saturated carbocycles. The molecule has 0 aliphatic heterocycles. The van der Waals surface area contributed by atoms with Gasteiger partial charge in [-0.3, -0.25) is 0 Å². The fourth-order valence-corrected chi connectivity index (χ4v) is 3.08. The van der Waals surface area contributed by atoms with Gasteiger partial charge in [0.1, 0.15) is 5.76 Å². The SMILES string of the molecule is CCCC(C)(CNC1CC1)CN(C)Cc1ccoc1C. The van der Waals surface area contributed by atoms with Crippen LogP contribution in [0.4, 0.5) is 0 Å². The lowest BCUT2D eigenvalue weighted by Gasteiger charge is -2.34. The van der Waals surface area contributed by atoms with E-state index in [0.29, 0.717) is 5.41 Å².